The Hall–Kier alpha value is -2.05. The second-order valence-corrected chi connectivity index (χ2v) is 6.38. The Labute approximate surface area is 131 Å². The van der Waals surface area contributed by atoms with Crippen LogP contribution in [-0.4, -0.2) is 21.1 Å². The fourth-order valence-electron chi connectivity index (χ4n) is 2.03. The largest absolute Gasteiger partial charge is 0.250 e. The number of aromatic nitrogens is 3. The van der Waals surface area contributed by atoms with Crippen molar-refractivity contribution in [1.29, 1.82) is 0 Å². The van der Waals surface area contributed by atoms with E-state index in [4.69, 9.17) is 12.2 Å². The molecule has 0 saturated heterocycles. The Kier molecular flexibility index (Phi) is 3.81. The Morgan fingerprint density at radius 1 is 1.24 bits per heavy atom. The number of rotatable bonds is 3. The van der Waals surface area contributed by atoms with Crippen LogP contribution in [0, 0.1) is 18.6 Å². The van der Waals surface area contributed by atoms with Gasteiger partial charge in [-0.25, -0.2) is 5.10 Å². The van der Waals surface area contributed by atoms with Crippen molar-refractivity contribution in [2.75, 3.05) is 0 Å². The minimum absolute atomic E-state index is 0.484. The minimum atomic E-state index is 0.484. The average Bonchev–Trinajstić information content (AvgIpc) is 3.04. The molecule has 106 valence electrons. The molecular formula is C15H14N4S2. The summed E-state index contributed by atoms with van der Waals surface area (Å²) in [7, 11) is 0. The number of hydrogen-bond donors (Lipinski definition) is 1. The van der Waals surface area contributed by atoms with Crippen molar-refractivity contribution >= 4 is 29.8 Å². The second kappa shape index (κ2) is 5.75. The zero-order chi connectivity index (χ0) is 14.8. The number of nitrogens with zero attached hydrogens (tertiary/aromatic N) is 3. The molecule has 3 rings (SSSR count). The van der Waals surface area contributed by atoms with Crippen molar-refractivity contribution in [3.8, 4) is 11.4 Å². The lowest BCUT2D eigenvalue weighted by Crippen LogP contribution is -1.95. The molecule has 2 heterocycles. The zero-order valence-electron chi connectivity index (χ0n) is 11.7. The molecular weight excluding hydrogens is 300 g/mol. The van der Waals surface area contributed by atoms with Crippen LogP contribution in [-0.2, 0) is 0 Å². The summed E-state index contributed by atoms with van der Waals surface area (Å²) in [6, 6.07) is 12.2. The summed E-state index contributed by atoms with van der Waals surface area (Å²) < 4.78 is 2.14. The van der Waals surface area contributed by atoms with E-state index in [1.165, 1.54) is 4.88 Å². The molecule has 21 heavy (non-hydrogen) atoms. The highest BCUT2D eigenvalue weighted by atomic mass is 32.1. The van der Waals surface area contributed by atoms with Crippen molar-refractivity contribution in [1.82, 2.24) is 14.9 Å². The summed E-state index contributed by atoms with van der Waals surface area (Å²) in [4.78, 5) is 2.35. The van der Waals surface area contributed by atoms with E-state index >= 15 is 0 Å². The normalized spacial score (nSPS) is 11.3. The molecule has 0 unspecified atom stereocenters. The highest BCUT2D eigenvalue weighted by molar-refractivity contribution is 7.71. The van der Waals surface area contributed by atoms with Crippen LogP contribution in [0.15, 0.2) is 41.5 Å². The van der Waals surface area contributed by atoms with Gasteiger partial charge in [-0.1, -0.05) is 24.3 Å². The number of benzene rings is 1. The molecule has 0 radical (unpaired) electrons. The fourth-order valence-corrected chi connectivity index (χ4v) is 2.96. The van der Waals surface area contributed by atoms with Gasteiger partial charge in [0.15, 0.2) is 5.82 Å². The van der Waals surface area contributed by atoms with Gasteiger partial charge in [-0.15, -0.1) is 11.3 Å². The van der Waals surface area contributed by atoms with Crippen LogP contribution in [0.4, 0.5) is 0 Å². The van der Waals surface area contributed by atoms with E-state index in [0.717, 1.165) is 21.8 Å². The van der Waals surface area contributed by atoms with Gasteiger partial charge < -0.3 is 0 Å². The van der Waals surface area contributed by atoms with E-state index in [0.29, 0.717) is 4.77 Å². The Balaban J connectivity index is 2.04. The summed E-state index contributed by atoms with van der Waals surface area (Å²) in [5, 5.41) is 11.6. The van der Waals surface area contributed by atoms with E-state index in [1.54, 1.807) is 16.0 Å². The first-order valence-corrected chi connectivity index (χ1v) is 7.72. The van der Waals surface area contributed by atoms with Gasteiger partial charge >= 0.3 is 0 Å². The van der Waals surface area contributed by atoms with E-state index in [-0.39, 0.29) is 0 Å². The molecule has 0 aliphatic heterocycles. The first-order valence-electron chi connectivity index (χ1n) is 6.49. The van der Waals surface area contributed by atoms with Crippen molar-refractivity contribution in [3.05, 3.63) is 56.5 Å². The topological polar surface area (TPSA) is 46.0 Å². The molecule has 0 spiro atoms. The first-order chi connectivity index (χ1) is 10.1. The second-order valence-electron chi connectivity index (χ2n) is 4.67. The molecule has 0 aliphatic carbocycles. The lowest BCUT2D eigenvalue weighted by molar-refractivity contribution is 0.871. The van der Waals surface area contributed by atoms with Gasteiger partial charge in [0.25, 0.3) is 0 Å². The maximum absolute atomic E-state index is 5.27. The smallest absolute Gasteiger partial charge is 0.216 e. The van der Waals surface area contributed by atoms with Crippen molar-refractivity contribution in [2.45, 2.75) is 13.8 Å². The summed E-state index contributed by atoms with van der Waals surface area (Å²) in [5.41, 5.74) is 2.15. The summed E-state index contributed by atoms with van der Waals surface area (Å²) in [6.45, 7) is 4.12. The molecule has 0 fully saturated rings. The van der Waals surface area contributed by atoms with Crippen LogP contribution < -0.4 is 0 Å². The molecule has 1 aromatic carbocycles. The molecule has 0 aliphatic rings. The van der Waals surface area contributed by atoms with Crippen molar-refractivity contribution in [2.24, 2.45) is 5.10 Å². The van der Waals surface area contributed by atoms with Crippen LogP contribution in [0.3, 0.4) is 0 Å². The number of aromatic amines is 1. The number of nitrogens with one attached hydrogen (secondary N) is 1. The van der Waals surface area contributed by atoms with Gasteiger partial charge in [-0.05, 0) is 43.8 Å². The monoisotopic (exact) mass is 314 g/mol. The van der Waals surface area contributed by atoms with E-state index in [2.05, 4.69) is 28.3 Å². The van der Waals surface area contributed by atoms with Crippen LogP contribution in [0.25, 0.3) is 11.4 Å². The van der Waals surface area contributed by atoms with E-state index in [9.17, 15) is 0 Å². The van der Waals surface area contributed by atoms with Crippen LogP contribution in [0.5, 0.6) is 0 Å². The maximum Gasteiger partial charge on any atom is 0.216 e. The van der Waals surface area contributed by atoms with Gasteiger partial charge in [0.05, 0.1) is 6.21 Å². The third kappa shape index (κ3) is 2.86. The van der Waals surface area contributed by atoms with E-state index < -0.39 is 0 Å². The number of hydrogen-bond acceptors (Lipinski definition) is 4. The summed E-state index contributed by atoms with van der Waals surface area (Å²) in [6.07, 6.45) is 1.81. The predicted molar refractivity (Wildman–Crippen MR) is 89.6 cm³/mol. The van der Waals surface area contributed by atoms with Gasteiger partial charge in [0, 0.05) is 15.3 Å². The van der Waals surface area contributed by atoms with Crippen LogP contribution >= 0.6 is 23.6 Å². The van der Waals surface area contributed by atoms with Gasteiger partial charge in [-0.2, -0.15) is 14.9 Å². The molecule has 0 bridgehead atoms. The third-order valence-corrected chi connectivity index (χ3v) is 4.30. The molecule has 2 aromatic heterocycles. The Morgan fingerprint density at radius 3 is 2.76 bits per heavy atom. The highest BCUT2D eigenvalue weighted by Crippen LogP contribution is 2.21. The Bertz CT molecular complexity index is 854. The van der Waals surface area contributed by atoms with Gasteiger partial charge in [-0.3, -0.25) is 0 Å². The van der Waals surface area contributed by atoms with Gasteiger partial charge in [0.2, 0.25) is 4.77 Å². The molecule has 3 aromatic rings. The van der Waals surface area contributed by atoms with Crippen LogP contribution in [0.1, 0.15) is 15.3 Å². The molecule has 4 nitrogen and oxygen atoms in total. The molecule has 1 N–H and O–H groups in total. The number of aryl methyl sites for hydroxylation is 2. The quantitative estimate of drug-likeness (QED) is 0.582. The van der Waals surface area contributed by atoms with Crippen molar-refractivity contribution < 1.29 is 0 Å². The lowest BCUT2D eigenvalue weighted by Gasteiger charge is -2.03. The SMILES string of the molecule is Cc1ccc(C=Nn2c(-c3ccccc3C)n[nH]c2=S)s1. The average molecular weight is 314 g/mol. The first kappa shape index (κ1) is 13.9. The summed E-state index contributed by atoms with van der Waals surface area (Å²) >= 11 is 6.96. The maximum atomic E-state index is 5.27. The summed E-state index contributed by atoms with van der Waals surface area (Å²) in [5.74, 6) is 0.725. The molecule has 0 saturated carbocycles. The van der Waals surface area contributed by atoms with Crippen LogP contribution in [0.2, 0.25) is 0 Å². The van der Waals surface area contributed by atoms with Gasteiger partial charge in [0.1, 0.15) is 0 Å². The number of H-pyrrole nitrogens is 1. The third-order valence-electron chi connectivity index (χ3n) is 3.10. The zero-order valence-corrected chi connectivity index (χ0v) is 13.3. The van der Waals surface area contributed by atoms with E-state index in [1.807, 2.05) is 43.5 Å². The predicted octanol–water partition coefficient (Wildman–Crippen LogP) is 4.17. The fraction of sp³-hybridized carbons (Fsp3) is 0.133. The highest BCUT2D eigenvalue weighted by Gasteiger charge is 2.10. The standard InChI is InChI=1S/C15H14N4S2/c1-10-5-3-4-6-13(10)14-17-18-15(20)19(14)16-9-12-8-7-11(2)21-12/h3-9H,1-2H3,(H,18,20). The minimum Gasteiger partial charge on any atom is -0.250 e. The molecule has 6 heteroatoms. The Morgan fingerprint density at radius 2 is 2.05 bits per heavy atom. The molecule has 0 amide bonds. The number of thiophene rings is 1. The molecule has 0 atom stereocenters. The van der Waals surface area contributed by atoms with Crippen molar-refractivity contribution in [3.63, 3.8) is 0 Å². The lowest BCUT2D eigenvalue weighted by atomic mass is 10.1.